The number of aryl methyl sites for hydroxylation is 1. The fourth-order valence-electron chi connectivity index (χ4n) is 1.29. The van der Waals surface area contributed by atoms with Crippen molar-refractivity contribution in [3.05, 3.63) is 23.8 Å². The SMILES string of the molecule is C#CCNCCOc1ccc(C)cc1OC. The summed E-state index contributed by atoms with van der Waals surface area (Å²) in [4.78, 5) is 0. The summed E-state index contributed by atoms with van der Waals surface area (Å²) in [6.45, 7) is 3.87. The highest BCUT2D eigenvalue weighted by Crippen LogP contribution is 2.27. The van der Waals surface area contributed by atoms with E-state index in [1.165, 1.54) is 0 Å². The molecule has 0 atom stereocenters. The highest BCUT2D eigenvalue weighted by Gasteiger charge is 2.03. The normalized spacial score (nSPS) is 9.56. The van der Waals surface area contributed by atoms with Gasteiger partial charge in [0.15, 0.2) is 11.5 Å². The number of ether oxygens (including phenoxy) is 2. The predicted molar refractivity (Wildman–Crippen MR) is 64.9 cm³/mol. The molecule has 0 aliphatic rings. The molecule has 0 amide bonds. The zero-order valence-electron chi connectivity index (χ0n) is 9.75. The second kappa shape index (κ2) is 6.76. The molecule has 1 aromatic carbocycles. The van der Waals surface area contributed by atoms with Crippen LogP contribution >= 0.6 is 0 Å². The molecule has 0 fully saturated rings. The van der Waals surface area contributed by atoms with Gasteiger partial charge in [-0.2, -0.15) is 0 Å². The molecule has 1 N–H and O–H groups in total. The molecule has 0 aliphatic carbocycles. The van der Waals surface area contributed by atoms with Crippen LogP contribution in [0.3, 0.4) is 0 Å². The summed E-state index contributed by atoms with van der Waals surface area (Å²) in [6.07, 6.45) is 5.11. The van der Waals surface area contributed by atoms with Gasteiger partial charge in [0, 0.05) is 6.54 Å². The Bertz CT molecular complexity index is 369. The quantitative estimate of drug-likeness (QED) is 0.582. The minimum absolute atomic E-state index is 0.564. The number of terminal acetylenes is 1. The average Bonchev–Trinajstić information content (AvgIpc) is 2.30. The van der Waals surface area contributed by atoms with Gasteiger partial charge in [-0.1, -0.05) is 12.0 Å². The molecule has 0 spiro atoms. The molecule has 0 bridgehead atoms. The van der Waals surface area contributed by atoms with Crippen LogP contribution in [0.15, 0.2) is 18.2 Å². The molecular weight excluding hydrogens is 202 g/mol. The smallest absolute Gasteiger partial charge is 0.161 e. The van der Waals surface area contributed by atoms with Crippen LogP contribution in [0, 0.1) is 19.3 Å². The predicted octanol–water partition coefficient (Wildman–Crippen LogP) is 1.61. The van der Waals surface area contributed by atoms with Gasteiger partial charge in [-0.15, -0.1) is 6.42 Å². The minimum atomic E-state index is 0.564. The average molecular weight is 219 g/mol. The van der Waals surface area contributed by atoms with Crippen molar-refractivity contribution in [2.45, 2.75) is 6.92 Å². The van der Waals surface area contributed by atoms with Gasteiger partial charge in [-0.05, 0) is 24.6 Å². The van der Waals surface area contributed by atoms with Gasteiger partial charge >= 0.3 is 0 Å². The maximum absolute atomic E-state index is 5.57. The summed E-state index contributed by atoms with van der Waals surface area (Å²) in [5.41, 5.74) is 1.15. The number of nitrogens with one attached hydrogen (secondary N) is 1. The van der Waals surface area contributed by atoms with Gasteiger partial charge in [-0.25, -0.2) is 0 Å². The van der Waals surface area contributed by atoms with Gasteiger partial charge < -0.3 is 14.8 Å². The van der Waals surface area contributed by atoms with E-state index >= 15 is 0 Å². The van der Waals surface area contributed by atoms with Gasteiger partial charge in [0.2, 0.25) is 0 Å². The number of benzene rings is 1. The molecule has 3 heteroatoms. The van der Waals surface area contributed by atoms with Crippen LogP contribution in [0.2, 0.25) is 0 Å². The number of hydrogen-bond donors (Lipinski definition) is 1. The lowest BCUT2D eigenvalue weighted by Crippen LogP contribution is -2.21. The van der Waals surface area contributed by atoms with Crippen LogP contribution in [-0.2, 0) is 0 Å². The Labute approximate surface area is 96.8 Å². The monoisotopic (exact) mass is 219 g/mol. The highest BCUT2D eigenvalue weighted by atomic mass is 16.5. The highest BCUT2D eigenvalue weighted by molar-refractivity contribution is 5.42. The molecule has 0 saturated heterocycles. The third kappa shape index (κ3) is 3.84. The van der Waals surface area contributed by atoms with Crippen LogP contribution in [0.4, 0.5) is 0 Å². The van der Waals surface area contributed by atoms with Crippen LogP contribution in [0.1, 0.15) is 5.56 Å². The first-order valence-corrected chi connectivity index (χ1v) is 5.19. The van der Waals surface area contributed by atoms with Crippen molar-refractivity contribution in [2.24, 2.45) is 0 Å². The lowest BCUT2D eigenvalue weighted by Gasteiger charge is -2.11. The van der Waals surface area contributed by atoms with Gasteiger partial charge in [0.05, 0.1) is 13.7 Å². The first kappa shape index (κ1) is 12.4. The Balaban J connectivity index is 2.44. The van der Waals surface area contributed by atoms with E-state index in [-0.39, 0.29) is 0 Å². The van der Waals surface area contributed by atoms with Crippen LogP contribution in [-0.4, -0.2) is 26.8 Å². The third-order valence-electron chi connectivity index (χ3n) is 2.08. The van der Waals surface area contributed by atoms with Crippen molar-refractivity contribution in [3.63, 3.8) is 0 Å². The summed E-state index contributed by atoms with van der Waals surface area (Å²) in [7, 11) is 1.64. The van der Waals surface area contributed by atoms with Crippen molar-refractivity contribution >= 4 is 0 Å². The van der Waals surface area contributed by atoms with Crippen molar-refractivity contribution in [1.82, 2.24) is 5.32 Å². The Kier molecular flexibility index (Phi) is 5.24. The Morgan fingerprint density at radius 3 is 2.88 bits per heavy atom. The lowest BCUT2D eigenvalue weighted by molar-refractivity contribution is 0.294. The fourth-order valence-corrected chi connectivity index (χ4v) is 1.29. The van der Waals surface area contributed by atoms with E-state index in [9.17, 15) is 0 Å². The molecule has 1 aromatic rings. The lowest BCUT2D eigenvalue weighted by atomic mass is 10.2. The minimum Gasteiger partial charge on any atom is -0.493 e. The molecule has 0 radical (unpaired) electrons. The molecule has 1 rings (SSSR count). The second-order valence-corrected chi connectivity index (χ2v) is 3.38. The zero-order valence-corrected chi connectivity index (χ0v) is 9.75. The first-order chi connectivity index (χ1) is 7.77. The van der Waals surface area contributed by atoms with Crippen LogP contribution < -0.4 is 14.8 Å². The standard InChI is InChI=1S/C13H17NO2/c1-4-7-14-8-9-16-12-6-5-11(2)10-13(12)15-3/h1,5-6,10,14H,7-9H2,2-3H3. The fraction of sp³-hybridized carbons (Fsp3) is 0.385. The first-order valence-electron chi connectivity index (χ1n) is 5.19. The summed E-state index contributed by atoms with van der Waals surface area (Å²) in [5, 5.41) is 3.05. The molecule has 86 valence electrons. The number of methoxy groups -OCH3 is 1. The summed E-state index contributed by atoms with van der Waals surface area (Å²) >= 11 is 0. The van der Waals surface area contributed by atoms with E-state index in [1.54, 1.807) is 7.11 Å². The van der Waals surface area contributed by atoms with E-state index in [2.05, 4.69) is 11.2 Å². The van der Waals surface area contributed by atoms with Crippen molar-refractivity contribution in [1.29, 1.82) is 0 Å². The third-order valence-corrected chi connectivity index (χ3v) is 2.08. The van der Waals surface area contributed by atoms with E-state index in [1.807, 2.05) is 25.1 Å². The van der Waals surface area contributed by atoms with Crippen molar-refractivity contribution in [3.8, 4) is 23.8 Å². The van der Waals surface area contributed by atoms with E-state index in [4.69, 9.17) is 15.9 Å². The summed E-state index contributed by atoms with van der Waals surface area (Å²) in [6, 6.07) is 5.85. The Morgan fingerprint density at radius 1 is 1.38 bits per heavy atom. The molecule has 16 heavy (non-hydrogen) atoms. The van der Waals surface area contributed by atoms with Crippen molar-refractivity contribution in [2.75, 3.05) is 26.8 Å². The second-order valence-electron chi connectivity index (χ2n) is 3.38. The van der Waals surface area contributed by atoms with Crippen LogP contribution in [0.5, 0.6) is 11.5 Å². The maximum Gasteiger partial charge on any atom is 0.161 e. The topological polar surface area (TPSA) is 30.5 Å². The summed E-state index contributed by atoms with van der Waals surface area (Å²) < 4.78 is 10.8. The molecular formula is C13H17NO2. The zero-order chi connectivity index (χ0) is 11.8. The summed E-state index contributed by atoms with van der Waals surface area (Å²) in [5.74, 6) is 4.03. The molecule has 0 aliphatic heterocycles. The molecule has 0 heterocycles. The van der Waals surface area contributed by atoms with Crippen molar-refractivity contribution < 1.29 is 9.47 Å². The largest absolute Gasteiger partial charge is 0.493 e. The number of hydrogen-bond acceptors (Lipinski definition) is 3. The van der Waals surface area contributed by atoms with Gasteiger partial charge in [0.1, 0.15) is 6.61 Å². The maximum atomic E-state index is 5.57. The molecule has 0 unspecified atom stereocenters. The molecule has 3 nitrogen and oxygen atoms in total. The Morgan fingerprint density at radius 2 is 2.19 bits per heavy atom. The van der Waals surface area contributed by atoms with E-state index in [0.29, 0.717) is 13.2 Å². The van der Waals surface area contributed by atoms with E-state index in [0.717, 1.165) is 23.6 Å². The van der Waals surface area contributed by atoms with Gasteiger partial charge in [0.25, 0.3) is 0 Å². The van der Waals surface area contributed by atoms with E-state index < -0.39 is 0 Å². The van der Waals surface area contributed by atoms with Crippen LogP contribution in [0.25, 0.3) is 0 Å². The Hall–Kier alpha value is -1.66. The number of rotatable bonds is 6. The molecule has 0 aromatic heterocycles. The molecule has 0 saturated carbocycles. The van der Waals surface area contributed by atoms with Gasteiger partial charge in [-0.3, -0.25) is 0 Å².